The number of aromatic amines is 1. The highest BCUT2D eigenvalue weighted by Gasteiger charge is 2.10. The summed E-state index contributed by atoms with van der Waals surface area (Å²) in [6.07, 6.45) is 1.14. The lowest BCUT2D eigenvalue weighted by atomic mass is 10.1. The predicted octanol–water partition coefficient (Wildman–Crippen LogP) is 3.96. The summed E-state index contributed by atoms with van der Waals surface area (Å²) in [6, 6.07) is 8.38. The zero-order valence-corrected chi connectivity index (χ0v) is 11.9. The van der Waals surface area contributed by atoms with Crippen molar-refractivity contribution in [2.24, 2.45) is 5.92 Å². The van der Waals surface area contributed by atoms with Gasteiger partial charge in [-0.1, -0.05) is 50.1 Å². The molecule has 2 rings (SSSR count). The Balaban J connectivity index is 2.39. The molecule has 4 heteroatoms. The first kappa shape index (κ1) is 13.0. The average Bonchev–Trinajstić information content (AvgIpc) is 2.72. The molecule has 18 heavy (non-hydrogen) atoms. The molecular weight excluding hydrogens is 242 g/mol. The molecule has 0 bridgehead atoms. The molecule has 1 aromatic heterocycles. The van der Waals surface area contributed by atoms with Crippen LogP contribution >= 0.6 is 12.2 Å². The third-order valence-corrected chi connectivity index (χ3v) is 3.57. The summed E-state index contributed by atoms with van der Waals surface area (Å²) in [5.74, 6) is 1.53. The Bertz CT molecular complexity index is 565. The van der Waals surface area contributed by atoms with Gasteiger partial charge in [0.25, 0.3) is 0 Å². The van der Waals surface area contributed by atoms with E-state index in [2.05, 4.69) is 59.8 Å². The van der Waals surface area contributed by atoms with Crippen LogP contribution in [0.5, 0.6) is 0 Å². The summed E-state index contributed by atoms with van der Waals surface area (Å²) < 4.78 is 2.79. The van der Waals surface area contributed by atoms with Crippen molar-refractivity contribution in [3.05, 3.63) is 34.6 Å². The topological polar surface area (TPSA) is 33.6 Å². The van der Waals surface area contributed by atoms with Crippen molar-refractivity contribution in [2.45, 2.75) is 33.7 Å². The number of nitrogens with one attached hydrogen (secondary N) is 1. The standard InChI is InChI=1S/C14H19N3S/c1-4-10(2)9-17-13(15-16-14(17)18)12-7-5-11(3)6-8-12/h5-8,10H,4,9H2,1-3H3,(H,16,18)/t10-/m0/s1. The van der Waals surface area contributed by atoms with Gasteiger partial charge in [0.15, 0.2) is 10.6 Å². The van der Waals surface area contributed by atoms with E-state index < -0.39 is 0 Å². The van der Waals surface area contributed by atoms with Gasteiger partial charge in [-0.3, -0.25) is 9.67 Å². The predicted molar refractivity (Wildman–Crippen MR) is 77.0 cm³/mol. The van der Waals surface area contributed by atoms with Gasteiger partial charge >= 0.3 is 0 Å². The Kier molecular flexibility index (Phi) is 3.97. The smallest absolute Gasteiger partial charge is 0.195 e. The Morgan fingerprint density at radius 2 is 2.00 bits per heavy atom. The van der Waals surface area contributed by atoms with Gasteiger partial charge in [0.2, 0.25) is 0 Å². The number of hydrogen-bond acceptors (Lipinski definition) is 2. The number of benzene rings is 1. The van der Waals surface area contributed by atoms with Crippen LogP contribution in [0.25, 0.3) is 11.4 Å². The van der Waals surface area contributed by atoms with Crippen LogP contribution in [-0.2, 0) is 6.54 Å². The summed E-state index contributed by atoms with van der Waals surface area (Å²) in [5.41, 5.74) is 2.36. The number of nitrogens with zero attached hydrogens (tertiary/aromatic N) is 2. The number of H-pyrrole nitrogens is 1. The normalized spacial score (nSPS) is 12.6. The van der Waals surface area contributed by atoms with Crippen molar-refractivity contribution in [3.8, 4) is 11.4 Å². The average molecular weight is 261 g/mol. The Morgan fingerprint density at radius 1 is 1.33 bits per heavy atom. The van der Waals surface area contributed by atoms with Gasteiger partial charge in [0.1, 0.15) is 0 Å². The van der Waals surface area contributed by atoms with Crippen molar-refractivity contribution in [2.75, 3.05) is 0 Å². The first-order valence-corrected chi connectivity index (χ1v) is 6.75. The number of aryl methyl sites for hydroxylation is 1. The van der Waals surface area contributed by atoms with E-state index in [1.54, 1.807) is 0 Å². The zero-order chi connectivity index (χ0) is 13.1. The molecule has 0 spiro atoms. The second-order valence-electron chi connectivity index (χ2n) is 4.84. The molecule has 0 saturated heterocycles. The SMILES string of the molecule is CC[C@H](C)Cn1c(-c2ccc(C)cc2)n[nH]c1=S. The van der Waals surface area contributed by atoms with Gasteiger partial charge in [0, 0.05) is 12.1 Å². The van der Waals surface area contributed by atoms with Crippen molar-refractivity contribution < 1.29 is 0 Å². The molecule has 0 amide bonds. The minimum Gasteiger partial charge on any atom is -0.300 e. The molecule has 1 heterocycles. The molecule has 0 aliphatic rings. The molecule has 96 valence electrons. The molecule has 0 fully saturated rings. The highest BCUT2D eigenvalue weighted by atomic mass is 32.1. The zero-order valence-electron chi connectivity index (χ0n) is 11.1. The number of hydrogen-bond donors (Lipinski definition) is 1. The quantitative estimate of drug-likeness (QED) is 0.845. The summed E-state index contributed by atoms with van der Waals surface area (Å²) >= 11 is 5.31. The van der Waals surface area contributed by atoms with Gasteiger partial charge in [-0.05, 0) is 25.1 Å². The maximum Gasteiger partial charge on any atom is 0.195 e. The minimum absolute atomic E-state index is 0.596. The molecule has 0 aliphatic carbocycles. The third-order valence-electron chi connectivity index (χ3n) is 3.26. The summed E-state index contributed by atoms with van der Waals surface area (Å²) in [7, 11) is 0. The number of rotatable bonds is 4. The van der Waals surface area contributed by atoms with Crippen LogP contribution in [0.15, 0.2) is 24.3 Å². The summed E-state index contributed by atoms with van der Waals surface area (Å²) in [5, 5.41) is 7.24. The van der Waals surface area contributed by atoms with Crippen LogP contribution in [0.2, 0.25) is 0 Å². The van der Waals surface area contributed by atoms with E-state index in [9.17, 15) is 0 Å². The van der Waals surface area contributed by atoms with Crippen molar-refractivity contribution >= 4 is 12.2 Å². The fourth-order valence-electron chi connectivity index (χ4n) is 1.85. The molecule has 0 unspecified atom stereocenters. The molecule has 0 aliphatic heterocycles. The molecule has 1 N–H and O–H groups in total. The van der Waals surface area contributed by atoms with Crippen molar-refractivity contribution in [3.63, 3.8) is 0 Å². The highest BCUT2D eigenvalue weighted by Crippen LogP contribution is 2.19. The largest absolute Gasteiger partial charge is 0.300 e. The third kappa shape index (κ3) is 2.70. The van der Waals surface area contributed by atoms with E-state index in [0.717, 1.165) is 24.4 Å². The van der Waals surface area contributed by atoms with E-state index in [1.807, 2.05) is 0 Å². The Hall–Kier alpha value is -1.42. The minimum atomic E-state index is 0.596. The number of aromatic nitrogens is 3. The van der Waals surface area contributed by atoms with Gasteiger partial charge in [-0.15, -0.1) is 0 Å². The lowest BCUT2D eigenvalue weighted by Gasteiger charge is -2.11. The second kappa shape index (κ2) is 5.48. The Morgan fingerprint density at radius 3 is 2.61 bits per heavy atom. The monoisotopic (exact) mass is 261 g/mol. The van der Waals surface area contributed by atoms with Gasteiger partial charge < -0.3 is 0 Å². The molecule has 1 atom stereocenters. The van der Waals surface area contributed by atoms with Crippen molar-refractivity contribution in [1.29, 1.82) is 0 Å². The van der Waals surface area contributed by atoms with Gasteiger partial charge in [-0.2, -0.15) is 5.10 Å². The van der Waals surface area contributed by atoms with Crippen LogP contribution < -0.4 is 0 Å². The Labute approximate surface area is 113 Å². The lowest BCUT2D eigenvalue weighted by Crippen LogP contribution is -2.08. The first-order valence-electron chi connectivity index (χ1n) is 6.34. The molecule has 0 radical (unpaired) electrons. The highest BCUT2D eigenvalue weighted by molar-refractivity contribution is 7.71. The van der Waals surface area contributed by atoms with Crippen LogP contribution in [0.3, 0.4) is 0 Å². The maximum atomic E-state index is 5.31. The summed E-state index contributed by atoms with van der Waals surface area (Å²) in [6.45, 7) is 7.42. The second-order valence-corrected chi connectivity index (χ2v) is 5.23. The fraction of sp³-hybridized carbons (Fsp3) is 0.429. The van der Waals surface area contributed by atoms with E-state index >= 15 is 0 Å². The fourth-order valence-corrected chi connectivity index (χ4v) is 2.06. The summed E-state index contributed by atoms with van der Waals surface area (Å²) in [4.78, 5) is 0. The van der Waals surface area contributed by atoms with E-state index in [4.69, 9.17) is 12.2 Å². The van der Waals surface area contributed by atoms with Gasteiger partial charge in [0.05, 0.1) is 0 Å². The molecule has 1 aromatic carbocycles. The van der Waals surface area contributed by atoms with Crippen LogP contribution in [0.1, 0.15) is 25.8 Å². The van der Waals surface area contributed by atoms with Crippen LogP contribution in [0, 0.1) is 17.6 Å². The van der Waals surface area contributed by atoms with Crippen LogP contribution in [0.4, 0.5) is 0 Å². The lowest BCUT2D eigenvalue weighted by molar-refractivity contribution is 0.467. The van der Waals surface area contributed by atoms with Crippen LogP contribution in [-0.4, -0.2) is 14.8 Å². The molecule has 2 aromatic rings. The van der Waals surface area contributed by atoms with E-state index in [0.29, 0.717) is 10.7 Å². The van der Waals surface area contributed by atoms with E-state index in [1.165, 1.54) is 5.56 Å². The van der Waals surface area contributed by atoms with E-state index in [-0.39, 0.29) is 0 Å². The van der Waals surface area contributed by atoms with Gasteiger partial charge in [-0.25, -0.2) is 0 Å². The first-order chi connectivity index (χ1) is 8.61. The van der Waals surface area contributed by atoms with Crippen molar-refractivity contribution in [1.82, 2.24) is 14.8 Å². The molecule has 3 nitrogen and oxygen atoms in total. The maximum absolute atomic E-state index is 5.31. The molecule has 0 saturated carbocycles. The molecular formula is C14H19N3S.